The maximum Gasteiger partial charge on any atom is 0.442 e. The van der Waals surface area contributed by atoms with Crippen molar-refractivity contribution in [2.24, 2.45) is 4.36 Å². The number of nitrogens with zero attached hydrogens (tertiary/aromatic N) is 1. The van der Waals surface area contributed by atoms with Crippen molar-refractivity contribution in [2.75, 3.05) is 11.5 Å². The van der Waals surface area contributed by atoms with E-state index in [0.29, 0.717) is 0 Å². The van der Waals surface area contributed by atoms with Gasteiger partial charge >= 0.3 is 24.3 Å². The van der Waals surface area contributed by atoms with Crippen LogP contribution in [0.3, 0.4) is 0 Å². The van der Waals surface area contributed by atoms with Crippen LogP contribution < -0.4 is 5.32 Å². The lowest BCUT2D eigenvalue weighted by Gasteiger charge is -2.22. The first-order valence-corrected chi connectivity index (χ1v) is 11.3. The van der Waals surface area contributed by atoms with E-state index in [2.05, 4.69) is 9.68 Å². The Hall–Kier alpha value is -2.05. The first-order valence-electron chi connectivity index (χ1n) is 9.46. The Morgan fingerprint density at radius 2 is 1.52 bits per heavy atom. The highest BCUT2D eigenvalue weighted by Gasteiger charge is 2.29. The third-order valence-electron chi connectivity index (χ3n) is 3.27. The number of hydrogen-bond acceptors (Lipinski definition) is 6. The van der Waals surface area contributed by atoms with E-state index in [-0.39, 0.29) is 0 Å². The summed E-state index contributed by atoms with van der Waals surface area (Å²) in [5.74, 6) is -2.61. The van der Waals surface area contributed by atoms with E-state index in [9.17, 15) is 36.9 Å². The predicted molar refractivity (Wildman–Crippen MR) is 107 cm³/mol. The first kappa shape index (κ1) is 28.9. The summed E-state index contributed by atoms with van der Waals surface area (Å²) in [6.07, 6.45) is -9.03. The van der Waals surface area contributed by atoms with Crippen LogP contribution in [0.15, 0.2) is 4.36 Å². The Labute approximate surface area is 180 Å². The molecule has 0 aromatic heterocycles. The van der Waals surface area contributed by atoms with Gasteiger partial charge in [-0.05, 0) is 54.4 Å². The van der Waals surface area contributed by atoms with Crippen LogP contribution in [0.2, 0.25) is 0 Å². The molecule has 2 amide bonds. The molecule has 9 nitrogen and oxygen atoms in total. The third kappa shape index (κ3) is 15.4. The molecule has 0 bridgehead atoms. The molecule has 0 aliphatic carbocycles. The first-order chi connectivity index (χ1) is 13.7. The van der Waals surface area contributed by atoms with Crippen LogP contribution in [0.5, 0.6) is 0 Å². The second-order valence-corrected chi connectivity index (χ2v) is 11.3. The van der Waals surface area contributed by atoms with Gasteiger partial charge in [0.1, 0.15) is 17.2 Å². The van der Waals surface area contributed by atoms with Crippen molar-refractivity contribution < 1.29 is 46.3 Å². The van der Waals surface area contributed by atoms with Gasteiger partial charge in [-0.1, -0.05) is 0 Å². The molecule has 0 saturated carbocycles. The average Bonchev–Trinajstić information content (AvgIpc) is 2.45. The number of nitrogens with one attached hydrogen (secondary N) is 1. The van der Waals surface area contributed by atoms with Crippen LogP contribution in [-0.2, 0) is 24.0 Å². The summed E-state index contributed by atoms with van der Waals surface area (Å²) < 4.78 is 63.8. The van der Waals surface area contributed by atoms with Crippen LogP contribution in [0, 0.1) is 0 Å². The van der Waals surface area contributed by atoms with Gasteiger partial charge in [0.2, 0.25) is 0 Å². The SMILES string of the molecule is CC(C)(C)OC(=O)N=S(=O)(CCCC(F)(F)F)CC[C@H](NC(=O)OC(C)(C)C)C(=O)O. The number of carboxylic acids is 1. The summed E-state index contributed by atoms with van der Waals surface area (Å²) in [4.78, 5) is 35.2. The van der Waals surface area contributed by atoms with Gasteiger partial charge < -0.3 is 19.9 Å². The highest BCUT2D eigenvalue weighted by atomic mass is 32.2. The van der Waals surface area contributed by atoms with Crippen molar-refractivity contribution in [3.8, 4) is 0 Å². The molecule has 0 aromatic rings. The summed E-state index contributed by atoms with van der Waals surface area (Å²) in [7, 11) is -3.59. The summed E-state index contributed by atoms with van der Waals surface area (Å²) in [5.41, 5.74) is -1.88. The molecule has 0 fully saturated rings. The molecule has 0 aliphatic heterocycles. The number of carbonyl (C=O) groups is 3. The van der Waals surface area contributed by atoms with Crippen LogP contribution in [0.4, 0.5) is 22.8 Å². The number of aliphatic carboxylic acids is 1. The zero-order valence-corrected chi connectivity index (χ0v) is 19.3. The van der Waals surface area contributed by atoms with E-state index in [1.165, 1.54) is 20.8 Å². The minimum absolute atomic E-state index is 0.453. The number of halogens is 3. The van der Waals surface area contributed by atoms with Gasteiger partial charge in [-0.25, -0.2) is 18.6 Å². The fourth-order valence-corrected chi connectivity index (χ4v) is 4.01. The Morgan fingerprint density at radius 1 is 1.00 bits per heavy atom. The van der Waals surface area contributed by atoms with Gasteiger partial charge in [-0.15, -0.1) is 4.36 Å². The molecule has 0 saturated heterocycles. The lowest BCUT2D eigenvalue weighted by molar-refractivity contribution is -0.139. The van der Waals surface area contributed by atoms with E-state index in [1.807, 2.05) is 0 Å². The zero-order valence-electron chi connectivity index (χ0n) is 18.5. The summed E-state index contributed by atoms with van der Waals surface area (Å²) >= 11 is 0. The molecule has 0 heterocycles. The summed E-state index contributed by atoms with van der Waals surface area (Å²) in [5, 5.41) is 11.4. The number of carboxylic acid groups (broad SMARTS) is 1. The van der Waals surface area contributed by atoms with Gasteiger partial charge in [0.05, 0.1) is 9.73 Å². The topological polar surface area (TPSA) is 131 Å². The van der Waals surface area contributed by atoms with Gasteiger partial charge in [0, 0.05) is 17.9 Å². The monoisotopic (exact) mass is 476 g/mol. The third-order valence-corrected chi connectivity index (χ3v) is 5.55. The second kappa shape index (κ2) is 11.0. The van der Waals surface area contributed by atoms with Crippen molar-refractivity contribution in [2.45, 2.75) is 84.2 Å². The van der Waals surface area contributed by atoms with Crippen molar-refractivity contribution in [3.63, 3.8) is 0 Å². The normalized spacial score (nSPS) is 15.4. The molecule has 13 heteroatoms. The molecular formula is C18H31F3N2O7S. The Morgan fingerprint density at radius 3 is 1.94 bits per heavy atom. The minimum Gasteiger partial charge on any atom is -0.480 e. The van der Waals surface area contributed by atoms with Crippen molar-refractivity contribution in [3.05, 3.63) is 0 Å². The number of amides is 2. The van der Waals surface area contributed by atoms with Gasteiger partial charge in [-0.3, -0.25) is 0 Å². The molecule has 0 aromatic carbocycles. The lowest BCUT2D eigenvalue weighted by atomic mass is 10.2. The molecule has 2 N–H and O–H groups in total. The van der Waals surface area contributed by atoms with E-state index in [0.717, 1.165) is 0 Å². The average molecular weight is 477 g/mol. The maximum atomic E-state index is 13.0. The highest BCUT2D eigenvalue weighted by Crippen LogP contribution is 2.22. The standard InChI is InChI=1S/C18H31F3N2O7S/c1-16(2,3)29-14(26)22-12(13(24)25)8-11-31(28,10-7-9-18(19,20)21)23-15(27)30-17(4,5)6/h12H,7-11H2,1-6H3,(H,22,26)(H,24,25)/t12-,31?/m0/s1. The number of ether oxygens (including phenoxy) is 2. The molecule has 0 spiro atoms. The number of carbonyl (C=O) groups excluding carboxylic acids is 2. The van der Waals surface area contributed by atoms with Crippen LogP contribution in [0.25, 0.3) is 0 Å². The Balaban J connectivity index is 5.47. The fraction of sp³-hybridized carbons (Fsp3) is 0.833. The van der Waals surface area contributed by atoms with E-state index in [1.54, 1.807) is 20.8 Å². The predicted octanol–water partition coefficient (Wildman–Crippen LogP) is 4.10. The molecule has 0 radical (unpaired) electrons. The molecule has 31 heavy (non-hydrogen) atoms. The number of alkyl halides is 3. The zero-order chi connectivity index (χ0) is 24.7. The number of rotatable bonds is 8. The smallest absolute Gasteiger partial charge is 0.442 e. The number of alkyl carbamates (subject to hydrolysis) is 1. The molecule has 1 unspecified atom stereocenters. The molecule has 0 rings (SSSR count). The summed E-state index contributed by atoms with van der Waals surface area (Å²) in [6, 6.07) is -1.55. The largest absolute Gasteiger partial charge is 0.480 e. The minimum atomic E-state index is -4.49. The summed E-state index contributed by atoms with van der Waals surface area (Å²) in [6.45, 7) is 9.27. The molecule has 182 valence electrons. The number of hydrogen-bond donors (Lipinski definition) is 2. The van der Waals surface area contributed by atoms with Crippen molar-refractivity contribution >= 4 is 27.9 Å². The molecular weight excluding hydrogens is 445 g/mol. The van der Waals surface area contributed by atoms with Crippen molar-refractivity contribution in [1.82, 2.24) is 5.32 Å². The highest BCUT2D eigenvalue weighted by molar-refractivity contribution is 7.93. The Kier molecular flexibility index (Phi) is 10.3. The van der Waals surface area contributed by atoms with E-state index >= 15 is 0 Å². The Bertz CT molecular complexity index is 762. The van der Waals surface area contributed by atoms with Gasteiger partial charge in [0.15, 0.2) is 0 Å². The van der Waals surface area contributed by atoms with Crippen LogP contribution in [0.1, 0.15) is 60.8 Å². The van der Waals surface area contributed by atoms with Crippen LogP contribution in [-0.4, -0.2) is 62.4 Å². The molecule has 0 aliphatic rings. The van der Waals surface area contributed by atoms with Gasteiger partial charge in [0.25, 0.3) is 0 Å². The fourth-order valence-electron chi connectivity index (χ4n) is 2.12. The van der Waals surface area contributed by atoms with Crippen molar-refractivity contribution in [1.29, 1.82) is 0 Å². The van der Waals surface area contributed by atoms with E-state index in [4.69, 9.17) is 9.47 Å². The maximum absolute atomic E-state index is 13.0. The van der Waals surface area contributed by atoms with E-state index < -0.39 is 82.1 Å². The van der Waals surface area contributed by atoms with Gasteiger partial charge in [-0.2, -0.15) is 13.2 Å². The van der Waals surface area contributed by atoms with Crippen LogP contribution >= 0.6 is 0 Å². The lowest BCUT2D eigenvalue weighted by Crippen LogP contribution is -2.44. The quantitative estimate of drug-likeness (QED) is 0.539. The second-order valence-electron chi connectivity index (χ2n) is 8.80. The molecule has 2 atom stereocenters.